The summed E-state index contributed by atoms with van der Waals surface area (Å²) in [6.07, 6.45) is 10.3. The monoisotopic (exact) mass is 410 g/mol. The Kier molecular flexibility index (Phi) is 13.0. The molecule has 0 fully saturated rings. The fraction of sp³-hybridized carbons (Fsp3) is 0.600. The topological polar surface area (TPSA) is 37.3 Å². The SMILES string of the molecule is CCCCCCCCCc1ccc([PH](=O)O)cc1.[Nd]. The van der Waals surface area contributed by atoms with E-state index in [9.17, 15) is 4.57 Å². The van der Waals surface area contributed by atoms with Crippen LogP contribution in [0.4, 0.5) is 0 Å². The van der Waals surface area contributed by atoms with E-state index in [1.54, 1.807) is 12.1 Å². The van der Waals surface area contributed by atoms with Crippen molar-refractivity contribution >= 4 is 13.3 Å². The summed E-state index contributed by atoms with van der Waals surface area (Å²) in [6, 6.07) is 7.51. The van der Waals surface area contributed by atoms with Crippen molar-refractivity contribution in [1.29, 1.82) is 0 Å². The van der Waals surface area contributed by atoms with Gasteiger partial charge in [0.05, 0.1) is 0 Å². The first-order valence-electron chi connectivity index (χ1n) is 7.06. The Hall–Kier alpha value is 0.761. The van der Waals surface area contributed by atoms with Crippen LogP contribution >= 0.6 is 8.03 Å². The van der Waals surface area contributed by atoms with E-state index in [0.29, 0.717) is 5.30 Å². The summed E-state index contributed by atoms with van der Waals surface area (Å²) in [6.45, 7) is 2.24. The molecule has 0 saturated heterocycles. The van der Waals surface area contributed by atoms with Crippen molar-refractivity contribution in [2.45, 2.75) is 58.3 Å². The third kappa shape index (κ3) is 9.33. The Labute approximate surface area is 150 Å². The first-order valence-corrected chi connectivity index (χ1v) is 8.42. The first-order chi connectivity index (χ1) is 8.74. The molecule has 0 saturated carbocycles. The second kappa shape index (κ2) is 12.5. The molecule has 2 nitrogen and oxygen atoms in total. The van der Waals surface area contributed by atoms with Gasteiger partial charge in [0.2, 0.25) is 8.03 Å². The number of aryl methyl sites for hydroxylation is 1. The summed E-state index contributed by atoms with van der Waals surface area (Å²) in [5.41, 5.74) is 1.27. The number of unbranched alkanes of at least 4 members (excludes halogenated alkanes) is 6. The molecule has 19 heavy (non-hydrogen) atoms. The van der Waals surface area contributed by atoms with Crippen molar-refractivity contribution in [3.05, 3.63) is 29.8 Å². The van der Waals surface area contributed by atoms with Gasteiger partial charge in [-0.3, -0.25) is 4.57 Å². The van der Waals surface area contributed by atoms with Crippen molar-refractivity contribution in [2.24, 2.45) is 0 Å². The van der Waals surface area contributed by atoms with E-state index < -0.39 is 8.03 Å². The maximum atomic E-state index is 10.9. The third-order valence-corrected chi connectivity index (χ3v) is 4.10. The average Bonchev–Trinajstić information content (AvgIpc) is 2.38. The fourth-order valence-electron chi connectivity index (χ4n) is 2.10. The van der Waals surface area contributed by atoms with Gasteiger partial charge in [-0.05, 0) is 30.5 Å². The van der Waals surface area contributed by atoms with Gasteiger partial charge in [-0.2, -0.15) is 0 Å². The Morgan fingerprint density at radius 3 is 2.00 bits per heavy atom. The number of rotatable bonds is 9. The van der Waals surface area contributed by atoms with Gasteiger partial charge < -0.3 is 4.89 Å². The van der Waals surface area contributed by atoms with Crippen LogP contribution in [0.5, 0.6) is 0 Å². The second-order valence-electron chi connectivity index (χ2n) is 4.87. The molecule has 1 unspecified atom stereocenters. The molecule has 0 aliphatic carbocycles. The molecular formula is C15H25NdO2P. The summed E-state index contributed by atoms with van der Waals surface area (Å²) >= 11 is 0. The fourth-order valence-corrected chi connectivity index (χ4v) is 2.55. The Morgan fingerprint density at radius 1 is 0.947 bits per heavy atom. The molecule has 0 bridgehead atoms. The summed E-state index contributed by atoms with van der Waals surface area (Å²) < 4.78 is 10.9. The van der Waals surface area contributed by atoms with Crippen LogP contribution in [0.15, 0.2) is 24.3 Å². The quantitative estimate of drug-likeness (QED) is 0.490. The first kappa shape index (κ1) is 19.8. The Balaban J connectivity index is 0.00000324. The van der Waals surface area contributed by atoms with Gasteiger partial charge in [0.25, 0.3) is 0 Å². The Bertz CT molecular complexity index is 352. The third-order valence-electron chi connectivity index (χ3n) is 3.27. The van der Waals surface area contributed by atoms with E-state index in [2.05, 4.69) is 6.92 Å². The molecule has 1 aromatic rings. The van der Waals surface area contributed by atoms with E-state index in [-0.39, 0.29) is 40.8 Å². The molecule has 4 heteroatoms. The van der Waals surface area contributed by atoms with E-state index in [4.69, 9.17) is 4.89 Å². The van der Waals surface area contributed by atoms with Crippen molar-refractivity contribution in [1.82, 2.24) is 0 Å². The standard InChI is InChI=1S/C15H25O2P.Nd/c1-2-3-4-5-6-7-8-9-14-10-12-15(13-11-14)18(16)17;/h10-13,18H,2-9H2,1H3,(H,16,17);. The van der Waals surface area contributed by atoms with Gasteiger partial charge in [0.15, 0.2) is 0 Å². The number of hydrogen-bond donors (Lipinski definition) is 1. The van der Waals surface area contributed by atoms with Crippen LogP contribution in [-0.2, 0) is 11.0 Å². The van der Waals surface area contributed by atoms with Crippen LogP contribution in [0.1, 0.15) is 57.4 Å². The molecule has 1 atom stereocenters. The molecule has 0 radical (unpaired) electrons. The van der Waals surface area contributed by atoms with Crippen LogP contribution < -0.4 is 5.30 Å². The van der Waals surface area contributed by atoms with Crippen molar-refractivity contribution < 1.29 is 50.3 Å². The molecule has 0 aliphatic heterocycles. The predicted molar refractivity (Wildman–Crippen MR) is 79.0 cm³/mol. The van der Waals surface area contributed by atoms with Crippen LogP contribution in [0, 0.1) is 40.8 Å². The normalized spacial score (nSPS) is 11.9. The molecule has 1 N–H and O–H groups in total. The molecule has 0 aromatic heterocycles. The minimum absolute atomic E-state index is 0. The van der Waals surface area contributed by atoms with E-state index in [0.717, 1.165) is 6.42 Å². The van der Waals surface area contributed by atoms with Gasteiger partial charge in [-0.15, -0.1) is 0 Å². The van der Waals surface area contributed by atoms with E-state index in [1.165, 1.54) is 50.5 Å². The molecule has 1 aromatic carbocycles. The number of hydrogen-bond acceptors (Lipinski definition) is 1. The molecule has 0 heterocycles. The maximum Gasteiger partial charge on any atom is 0.218 e. The van der Waals surface area contributed by atoms with Gasteiger partial charge in [0.1, 0.15) is 0 Å². The molecule has 0 amide bonds. The van der Waals surface area contributed by atoms with E-state index in [1.807, 2.05) is 12.1 Å². The van der Waals surface area contributed by atoms with Gasteiger partial charge in [0, 0.05) is 46.1 Å². The smallest absolute Gasteiger partial charge is 0.218 e. The maximum absolute atomic E-state index is 10.9. The van der Waals surface area contributed by atoms with Crippen molar-refractivity contribution in [3.63, 3.8) is 0 Å². The molecular weight excluding hydrogens is 387 g/mol. The summed E-state index contributed by atoms with van der Waals surface area (Å²) in [5.74, 6) is 0. The summed E-state index contributed by atoms with van der Waals surface area (Å²) in [5, 5.41) is 0.559. The molecule has 106 valence electrons. The van der Waals surface area contributed by atoms with E-state index >= 15 is 0 Å². The largest absolute Gasteiger partial charge is 0.343 e. The van der Waals surface area contributed by atoms with Crippen LogP contribution in [0.25, 0.3) is 0 Å². The predicted octanol–water partition coefficient (Wildman–Crippen LogP) is 4.07. The van der Waals surface area contributed by atoms with Crippen molar-refractivity contribution in [3.8, 4) is 0 Å². The minimum Gasteiger partial charge on any atom is -0.343 e. The average molecular weight is 413 g/mol. The zero-order valence-electron chi connectivity index (χ0n) is 11.8. The van der Waals surface area contributed by atoms with Gasteiger partial charge in [-0.25, -0.2) is 0 Å². The summed E-state index contributed by atoms with van der Waals surface area (Å²) in [7, 11) is -2.52. The van der Waals surface area contributed by atoms with Gasteiger partial charge >= 0.3 is 0 Å². The van der Waals surface area contributed by atoms with Crippen LogP contribution in [-0.4, -0.2) is 4.89 Å². The summed E-state index contributed by atoms with van der Waals surface area (Å²) in [4.78, 5) is 8.98. The van der Waals surface area contributed by atoms with Crippen molar-refractivity contribution in [2.75, 3.05) is 0 Å². The van der Waals surface area contributed by atoms with Crippen LogP contribution in [0.3, 0.4) is 0 Å². The zero-order chi connectivity index (χ0) is 13.2. The molecule has 1 rings (SSSR count). The minimum atomic E-state index is -2.52. The Morgan fingerprint density at radius 2 is 1.47 bits per heavy atom. The molecule has 0 spiro atoms. The number of benzene rings is 1. The van der Waals surface area contributed by atoms with Crippen LogP contribution in [0.2, 0.25) is 0 Å². The van der Waals surface area contributed by atoms with Gasteiger partial charge in [-0.1, -0.05) is 57.6 Å². The molecule has 0 aliphatic rings. The zero-order valence-corrected chi connectivity index (χ0v) is 16.0. The second-order valence-corrected chi connectivity index (χ2v) is 6.06.